The van der Waals surface area contributed by atoms with Crippen molar-refractivity contribution < 1.29 is 10.0 Å². The van der Waals surface area contributed by atoms with Gasteiger partial charge in [-0.2, -0.15) is 10.2 Å². The lowest BCUT2D eigenvalue weighted by molar-refractivity contribution is -0.126. The Morgan fingerprint density at radius 2 is 2.15 bits per heavy atom. The van der Waals surface area contributed by atoms with E-state index in [-0.39, 0.29) is 5.91 Å². The minimum Gasteiger partial charge on any atom is -0.309 e. The van der Waals surface area contributed by atoms with Crippen LogP contribution in [0.4, 0.5) is 5.69 Å². The van der Waals surface area contributed by atoms with E-state index in [9.17, 15) is 10.0 Å². The van der Waals surface area contributed by atoms with Crippen molar-refractivity contribution in [2.24, 2.45) is 0 Å². The first-order valence-corrected chi connectivity index (χ1v) is 6.49. The fourth-order valence-corrected chi connectivity index (χ4v) is 2.45. The second kappa shape index (κ2) is 5.07. The molecule has 2 heterocycles. The standard InChI is InChI=1S/C14H16N4O2/c1-15-11-7-12-13(18(20)14(11)19)8-16-17(12)9-10-5-3-2-4-6-10/h2-6,8,11,15,20H,7,9H2,1H3/t11-/m0/s1. The van der Waals surface area contributed by atoms with E-state index in [2.05, 4.69) is 10.4 Å². The van der Waals surface area contributed by atoms with Crippen molar-refractivity contribution in [2.75, 3.05) is 12.1 Å². The van der Waals surface area contributed by atoms with Gasteiger partial charge in [0, 0.05) is 6.42 Å². The molecule has 0 saturated carbocycles. The highest BCUT2D eigenvalue weighted by atomic mass is 16.5. The Balaban J connectivity index is 1.93. The van der Waals surface area contributed by atoms with Crippen LogP contribution in [0.5, 0.6) is 0 Å². The smallest absolute Gasteiger partial charge is 0.268 e. The van der Waals surface area contributed by atoms with Crippen LogP contribution in [0.3, 0.4) is 0 Å². The average Bonchev–Trinajstić information content (AvgIpc) is 2.87. The molecule has 0 spiro atoms. The van der Waals surface area contributed by atoms with Gasteiger partial charge in [-0.25, -0.2) is 0 Å². The summed E-state index contributed by atoms with van der Waals surface area (Å²) in [6.07, 6.45) is 2.05. The molecular formula is C14H16N4O2. The van der Waals surface area contributed by atoms with Gasteiger partial charge in [0.1, 0.15) is 5.69 Å². The topological polar surface area (TPSA) is 70.4 Å². The normalized spacial score (nSPS) is 18.2. The average molecular weight is 272 g/mol. The van der Waals surface area contributed by atoms with E-state index in [1.165, 1.54) is 6.20 Å². The molecule has 0 unspecified atom stereocenters. The third-order valence-electron chi connectivity index (χ3n) is 3.58. The molecule has 0 bridgehead atoms. The molecular weight excluding hydrogens is 256 g/mol. The molecule has 0 fully saturated rings. The van der Waals surface area contributed by atoms with Crippen LogP contribution in [0, 0.1) is 0 Å². The van der Waals surface area contributed by atoms with Crippen molar-refractivity contribution >= 4 is 11.6 Å². The molecule has 20 heavy (non-hydrogen) atoms. The lowest BCUT2D eigenvalue weighted by Gasteiger charge is -2.27. The second-order valence-electron chi connectivity index (χ2n) is 4.82. The Hall–Kier alpha value is -2.18. The zero-order valence-electron chi connectivity index (χ0n) is 11.2. The van der Waals surface area contributed by atoms with Gasteiger partial charge in [-0.1, -0.05) is 30.3 Å². The SMILES string of the molecule is CN[C@H]1Cc2c(cnn2Cc2ccccc2)N(O)C1=O. The minimum absolute atomic E-state index is 0.348. The van der Waals surface area contributed by atoms with Crippen molar-refractivity contribution in [2.45, 2.75) is 19.0 Å². The Labute approximate surface area is 116 Å². The number of amides is 1. The number of carbonyl (C=O) groups is 1. The molecule has 104 valence electrons. The summed E-state index contributed by atoms with van der Waals surface area (Å²) in [7, 11) is 1.71. The number of benzene rings is 1. The van der Waals surface area contributed by atoms with Crippen molar-refractivity contribution in [1.29, 1.82) is 0 Å². The van der Waals surface area contributed by atoms with Gasteiger partial charge in [-0.15, -0.1) is 0 Å². The number of aromatic nitrogens is 2. The van der Waals surface area contributed by atoms with Crippen LogP contribution in [-0.2, 0) is 17.8 Å². The van der Waals surface area contributed by atoms with E-state index < -0.39 is 6.04 Å². The predicted octanol–water partition coefficient (Wildman–Crippen LogP) is 0.798. The van der Waals surface area contributed by atoms with E-state index in [0.717, 1.165) is 11.3 Å². The van der Waals surface area contributed by atoms with Crippen LogP contribution in [0.1, 0.15) is 11.3 Å². The van der Waals surface area contributed by atoms with Gasteiger partial charge in [0.25, 0.3) is 5.91 Å². The summed E-state index contributed by atoms with van der Waals surface area (Å²) in [6, 6.07) is 9.54. The molecule has 6 nitrogen and oxygen atoms in total. The van der Waals surface area contributed by atoms with Gasteiger partial charge in [0.05, 0.1) is 24.5 Å². The molecule has 0 radical (unpaired) electrons. The summed E-state index contributed by atoms with van der Waals surface area (Å²) in [4.78, 5) is 11.9. The van der Waals surface area contributed by atoms with Gasteiger partial charge < -0.3 is 5.32 Å². The van der Waals surface area contributed by atoms with Crippen LogP contribution >= 0.6 is 0 Å². The number of hydroxylamine groups is 1. The lowest BCUT2D eigenvalue weighted by Crippen LogP contribution is -2.49. The summed E-state index contributed by atoms with van der Waals surface area (Å²) >= 11 is 0. The number of anilines is 1. The maximum Gasteiger partial charge on any atom is 0.268 e. The molecule has 0 saturated heterocycles. The van der Waals surface area contributed by atoms with Crippen LogP contribution in [0.2, 0.25) is 0 Å². The van der Waals surface area contributed by atoms with Gasteiger partial charge in [-0.05, 0) is 12.6 Å². The van der Waals surface area contributed by atoms with Gasteiger partial charge in [-0.3, -0.25) is 14.7 Å². The number of nitrogens with zero attached hydrogens (tertiary/aromatic N) is 3. The molecule has 3 rings (SSSR count). The Bertz CT molecular complexity index is 623. The maximum atomic E-state index is 11.9. The monoisotopic (exact) mass is 272 g/mol. The minimum atomic E-state index is -0.418. The van der Waals surface area contributed by atoms with E-state index in [1.807, 2.05) is 35.0 Å². The Kier molecular flexibility index (Phi) is 3.25. The van der Waals surface area contributed by atoms with Crippen LogP contribution < -0.4 is 10.4 Å². The molecule has 1 aliphatic heterocycles. The Morgan fingerprint density at radius 3 is 2.85 bits per heavy atom. The van der Waals surface area contributed by atoms with Crippen LogP contribution in [0.15, 0.2) is 36.5 Å². The van der Waals surface area contributed by atoms with Crippen LogP contribution in [-0.4, -0.2) is 34.0 Å². The highest BCUT2D eigenvalue weighted by molar-refractivity contribution is 5.97. The van der Waals surface area contributed by atoms with Crippen molar-refractivity contribution in [1.82, 2.24) is 15.1 Å². The number of rotatable bonds is 3. The molecule has 0 aliphatic carbocycles. The van der Waals surface area contributed by atoms with Crippen molar-refractivity contribution in [3.05, 3.63) is 47.8 Å². The quantitative estimate of drug-likeness (QED) is 0.811. The second-order valence-corrected chi connectivity index (χ2v) is 4.82. The molecule has 1 aromatic carbocycles. The molecule has 1 amide bonds. The van der Waals surface area contributed by atoms with E-state index >= 15 is 0 Å². The number of carbonyl (C=O) groups excluding carboxylic acids is 1. The van der Waals surface area contributed by atoms with E-state index in [0.29, 0.717) is 23.7 Å². The molecule has 1 aromatic heterocycles. The fraction of sp³-hybridized carbons (Fsp3) is 0.286. The van der Waals surface area contributed by atoms with Crippen molar-refractivity contribution in [3.63, 3.8) is 0 Å². The summed E-state index contributed by atoms with van der Waals surface area (Å²) < 4.78 is 1.82. The highest BCUT2D eigenvalue weighted by Gasteiger charge is 2.34. The highest BCUT2D eigenvalue weighted by Crippen LogP contribution is 2.26. The predicted molar refractivity (Wildman–Crippen MR) is 73.6 cm³/mol. The third-order valence-corrected chi connectivity index (χ3v) is 3.58. The number of hydrogen-bond donors (Lipinski definition) is 2. The van der Waals surface area contributed by atoms with Crippen molar-refractivity contribution in [3.8, 4) is 0 Å². The van der Waals surface area contributed by atoms with Gasteiger partial charge in [0.2, 0.25) is 0 Å². The molecule has 2 N–H and O–H groups in total. The number of likely N-dealkylation sites (N-methyl/N-ethyl adjacent to an activating group) is 1. The molecule has 2 aromatic rings. The van der Waals surface area contributed by atoms with Gasteiger partial charge >= 0.3 is 0 Å². The number of hydrogen-bond acceptors (Lipinski definition) is 4. The van der Waals surface area contributed by atoms with Gasteiger partial charge in [0.15, 0.2) is 0 Å². The summed E-state index contributed by atoms with van der Waals surface area (Å²) in [5, 5.41) is 17.8. The summed E-state index contributed by atoms with van der Waals surface area (Å²) in [5.74, 6) is -0.348. The first-order chi connectivity index (χ1) is 9.70. The Morgan fingerprint density at radius 1 is 1.40 bits per heavy atom. The number of nitrogens with one attached hydrogen (secondary N) is 1. The third kappa shape index (κ3) is 2.09. The molecule has 1 atom stereocenters. The zero-order chi connectivity index (χ0) is 14.1. The number of fused-ring (bicyclic) bond motifs is 1. The first-order valence-electron chi connectivity index (χ1n) is 6.49. The molecule has 1 aliphatic rings. The zero-order valence-corrected chi connectivity index (χ0v) is 11.2. The van der Waals surface area contributed by atoms with E-state index in [4.69, 9.17) is 0 Å². The van der Waals surface area contributed by atoms with E-state index in [1.54, 1.807) is 7.05 Å². The lowest BCUT2D eigenvalue weighted by atomic mass is 10.1. The molecule has 6 heteroatoms. The first kappa shape index (κ1) is 12.8. The van der Waals surface area contributed by atoms with Crippen LogP contribution in [0.25, 0.3) is 0 Å². The largest absolute Gasteiger partial charge is 0.309 e. The summed E-state index contributed by atoms with van der Waals surface area (Å²) in [5.41, 5.74) is 2.45. The maximum absolute atomic E-state index is 11.9. The fourth-order valence-electron chi connectivity index (χ4n) is 2.45. The summed E-state index contributed by atoms with van der Waals surface area (Å²) in [6.45, 7) is 0.620.